The fraction of sp³-hybridized carbons (Fsp3) is 0.125. The number of aliphatic imine (C=N–C) groups is 1. The zero-order valence-electron chi connectivity index (χ0n) is 7.98. The Morgan fingerprint density at radius 2 is 1.93 bits per heavy atom. The largest absolute Gasteiger partial charge is 0.464 e. The molecule has 0 radical (unpaired) electrons. The van der Waals surface area contributed by atoms with E-state index in [1.807, 2.05) is 0 Å². The number of carbonyl (C=O) groups is 2. The molecule has 0 spiro atoms. The van der Waals surface area contributed by atoms with Gasteiger partial charge in [0, 0.05) is 0 Å². The molecule has 0 aromatic carbocycles. The molecule has 0 saturated carbocycles. The Bertz CT molecular complexity index is 417. The predicted octanol–water partition coefficient (Wildman–Crippen LogP) is -0.785. The van der Waals surface area contributed by atoms with Gasteiger partial charge in [-0.25, -0.2) is 4.79 Å². The fourth-order valence-corrected chi connectivity index (χ4v) is 0.926. The van der Waals surface area contributed by atoms with Crippen LogP contribution in [0.25, 0.3) is 0 Å². The molecule has 1 heterocycles. The van der Waals surface area contributed by atoms with Gasteiger partial charge in [-0.1, -0.05) is 0 Å². The first-order valence-electron chi connectivity index (χ1n) is 3.96. The molecule has 0 bridgehead atoms. The van der Waals surface area contributed by atoms with Gasteiger partial charge < -0.3 is 21.2 Å². The van der Waals surface area contributed by atoms with Gasteiger partial charge >= 0.3 is 5.97 Å². The molecule has 0 aliphatic heterocycles. The Balaban J connectivity index is 2.90. The minimum Gasteiger partial charge on any atom is -0.464 e. The number of guanidine groups is 1. The number of H-pyrrole nitrogens is 1. The molecule has 1 aromatic heterocycles. The number of esters is 1. The Morgan fingerprint density at radius 1 is 1.33 bits per heavy atom. The summed E-state index contributed by atoms with van der Waals surface area (Å²) in [6, 6.07) is 2.79. The molecular formula is C8H10N4O3. The number of amides is 1. The Morgan fingerprint density at radius 3 is 2.47 bits per heavy atom. The van der Waals surface area contributed by atoms with Crippen LogP contribution in [0, 0.1) is 0 Å². The zero-order chi connectivity index (χ0) is 11.4. The van der Waals surface area contributed by atoms with Gasteiger partial charge in [-0.05, 0) is 12.1 Å². The molecule has 0 saturated heterocycles. The van der Waals surface area contributed by atoms with Gasteiger partial charge in [0.15, 0.2) is 5.96 Å². The number of hydrogen-bond donors (Lipinski definition) is 3. The van der Waals surface area contributed by atoms with E-state index in [9.17, 15) is 9.59 Å². The van der Waals surface area contributed by atoms with Crippen molar-refractivity contribution in [3.8, 4) is 0 Å². The number of nitrogens with zero attached hydrogens (tertiary/aromatic N) is 1. The van der Waals surface area contributed by atoms with Gasteiger partial charge in [-0.15, -0.1) is 0 Å². The normalized spacial score (nSPS) is 9.40. The maximum Gasteiger partial charge on any atom is 0.354 e. The highest BCUT2D eigenvalue weighted by Gasteiger charge is 2.12. The molecule has 1 amide bonds. The summed E-state index contributed by atoms with van der Waals surface area (Å²) in [5, 5.41) is 0. The first-order valence-corrected chi connectivity index (χ1v) is 3.96. The average molecular weight is 210 g/mol. The van der Waals surface area contributed by atoms with E-state index in [1.54, 1.807) is 0 Å². The molecule has 0 fully saturated rings. The predicted molar refractivity (Wildman–Crippen MR) is 52.3 cm³/mol. The monoisotopic (exact) mass is 210 g/mol. The fourth-order valence-electron chi connectivity index (χ4n) is 0.926. The highest BCUT2D eigenvalue weighted by molar-refractivity contribution is 6.01. The molecular weight excluding hydrogens is 200 g/mol. The summed E-state index contributed by atoms with van der Waals surface area (Å²) in [7, 11) is 1.24. The lowest BCUT2D eigenvalue weighted by Crippen LogP contribution is -2.24. The minimum atomic E-state index is -0.648. The summed E-state index contributed by atoms with van der Waals surface area (Å²) in [6.45, 7) is 0. The van der Waals surface area contributed by atoms with E-state index in [1.165, 1.54) is 19.2 Å². The van der Waals surface area contributed by atoms with Crippen LogP contribution >= 0.6 is 0 Å². The highest BCUT2D eigenvalue weighted by atomic mass is 16.5. The molecule has 0 aliphatic rings. The van der Waals surface area contributed by atoms with Crippen molar-refractivity contribution >= 4 is 17.8 Å². The molecule has 1 rings (SSSR count). The Hall–Kier alpha value is -2.31. The summed E-state index contributed by atoms with van der Waals surface area (Å²) in [5.74, 6) is -1.56. The van der Waals surface area contributed by atoms with E-state index in [0.29, 0.717) is 0 Å². The second-order valence-corrected chi connectivity index (χ2v) is 2.62. The zero-order valence-corrected chi connectivity index (χ0v) is 7.98. The SMILES string of the molecule is COC(=O)c1ccc(C(=O)N=C(N)N)[nH]1. The Labute approximate surface area is 85.1 Å². The number of aromatic nitrogens is 1. The van der Waals surface area contributed by atoms with Crippen LogP contribution in [0.1, 0.15) is 21.0 Å². The molecule has 0 aliphatic carbocycles. The highest BCUT2D eigenvalue weighted by Crippen LogP contribution is 2.04. The van der Waals surface area contributed by atoms with Gasteiger partial charge in [0.25, 0.3) is 5.91 Å². The number of rotatable bonds is 2. The van der Waals surface area contributed by atoms with E-state index < -0.39 is 11.9 Å². The summed E-state index contributed by atoms with van der Waals surface area (Å²) in [5.41, 5.74) is 10.3. The molecule has 0 atom stereocenters. The molecule has 5 N–H and O–H groups in total. The van der Waals surface area contributed by atoms with Crippen molar-refractivity contribution in [2.45, 2.75) is 0 Å². The van der Waals surface area contributed by atoms with Crippen LogP contribution in [-0.2, 0) is 4.74 Å². The van der Waals surface area contributed by atoms with Gasteiger partial charge in [0.05, 0.1) is 7.11 Å². The van der Waals surface area contributed by atoms with Crippen LogP contribution in [-0.4, -0.2) is 29.9 Å². The number of aromatic amines is 1. The van der Waals surface area contributed by atoms with Gasteiger partial charge in [-0.2, -0.15) is 4.99 Å². The minimum absolute atomic E-state index is 0.115. The van der Waals surface area contributed by atoms with E-state index in [4.69, 9.17) is 11.5 Å². The summed E-state index contributed by atoms with van der Waals surface area (Å²) >= 11 is 0. The quantitative estimate of drug-likeness (QED) is 0.335. The summed E-state index contributed by atoms with van der Waals surface area (Å²) in [4.78, 5) is 28.1. The maximum absolute atomic E-state index is 11.2. The number of nitrogens with one attached hydrogen (secondary N) is 1. The number of methoxy groups -OCH3 is 1. The first-order chi connectivity index (χ1) is 7.04. The maximum atomic E-state index is 11.2. The second-order valence-electron chi connectivity index (χ2n) is 2.62. The molecule has 7 heteroatoms. The van der Waals surface area contributed by atoms with Crippen LogP contribution in [0.2, 0.25) is 0 Å². The third-order valence-electron chi connectivity index (χ3n) is 1.55. The average Bonchev–Trinajstić information content (AvgIpc) is 2.64. The van der Waals surface area contributed by atoms with Crippen molar-refractivity contribution in [3.05, 3.63) is 23.5 Å². The Kier molecular flexibility index (Phi) is 3.06. The van der Waals surface area contributed by atoms with Crippen LogP contribution < -0.4 is 11.5 Å². The number of ether oxygens (including phenoxy) is 1. The first kappa shape index (κ1) is 10.8. The molecule has 1 aromatic rings. The summed E-state index contributed by atoms with van der Waals surface area (Å²) < 4.78 is 4.44. The molecule has 7 nitrogen and oxygen atoms in total. The van der Waals surface area contributed by atoms with Crippen molar-refractivity contribution in [1.82, 2.24) is 4.98 Å². The lowest BCUT2D eigenvalue weighted by molar-refractivity contribution is 0.0595. The lowest BCUT2D eigenvalue weighted by atomic mass is 10.4. The number of hydrogen-bond acceptors (Lipinski definition) is 3. The van der Waals surface area contributed by atoms with Crippen LogP contribution in [0.4, 0.5) is 0 Å². The van der Waals surface area contributed by atoms with Crippen LogP contribution in [0.15, 0.2) is 17.1 Å². The summed E-state index contributed by atoms with van der Waals surface area (Å²) in [6.07, 6.45) is 0. The van der Waals surface area contributed by atoms with E-state index >= 15 is 0 Å². The molecule has 15 heavy (non-hydrogen) atoms. The van der Waals surface area contributed by atoms with E-state index in [0.717, 1.165) is 0 Å². The smallest absolute Gasteiger partial charge is 0.354 e. The third kappa shape index (κ3) is 2.56. The van der Waals surface area contributed by atoms with Crippen LogP contribution in [0.3, 0.4) is 0 Å². The van der Waals surface area contributed by atoms with Crippen molar-refractivity contribution in [2.75, 3.05) is 7.11 Å². The van der Waals surface area contributed by atoms with Crippen molar-refractivity contribution in [3.63, 3.8) is 0 Å². The lowest BCUT2D eigenvalue weighted by Gasteiger charge is -1.94. The van der Waals surface area contributed by atoms with Crippen molar-refractivity contribution in [2.24, 2.45) is 16.5 Å². The van der Waals surface area contributed by atoms with E-state index in [2.05, 4.69) is 14.7 Å². The van der Waals surface area contributed by atoms with Crippen molar-refractivity contribution in [1.29, 1.82) is 0 Å². The number of nitrogens with two attached hydrogens (primary N) is 2. The third-order valence-corrected chi connectivity index (χ3v) is 1.55. The van der Waals surface area contributed by atoms with Gasteiger partial charge in [-0.3, -0.25) is 4.79 Å². The molecule has 80 valence electrons. The van der Waals surface area contributed by atoms with E-state index in [-0.39, 0.29) is 17.3 Å². The van der Waals surface area contributed by atoms with Gasteiger partial charge in [0.1, 0.15) is 11.4 Å². The number of carbonyl (C=O) groups excluding carboxylic acids is 2. The second kappa shape index (κ2) is 4.27. The standard InChI is InChI=1S/C8H10N4O3/c1-15-7(14)5-3-2-4(11-5)6(13)12-8(9)10/h2-3,11H,1H3,(H4,9,10,12,13). The van der Waals surface area contributed by atoms with Gasteiger partial charge in [0.2, 0.25) is 0 Å². The van der Waals surface area contributed by atoms with Crippen LogP contribution in [0.5, 0.6) is 0 Å². The van der Waals surface area contributed by atoms with Crippen molar-refractivity contribution < 1.29 is 14.3 Å². The molecule has 0 unspecified atom stereocenters. The topological polar surface area (TPSA) is 124 Å².